The van der Waals surface area contributed by atoms with E-state index in [9.17, 15) is 18.0 Å². The van der Waals surface area contributed by atoms with E-state index in [1.54, 1.807) is 34.6 Å². The summed E-state index contributed by atoms with van der Waals surface area (Å²) in [6.07, 6.45) is 0.479. The van der Waals surface area contributed by atoms with Gasteiger partial charge >= 0.3 is 0 Å². The zero-order valence-electron chi connectivity index (χ0n) is 16.3. The van der Waals surface area contributed by atoms with E-state index in [4.69, 9.17) is 0 Å². The average molecular weight is 424 g/mol. The Bertz CT molecular complexity index is 1050. The zero-order valence-corrected chi connectivity index (χ0v) is 17.9. The Morgan fingerprint density at radius 1 is 1.36 bits per heavy atom. The monoisotopic (exact) mass is 423 g/mol. The van der Waals surface area contributed by atoms with Crippen molar-refractivity contribution in [1.29, 1.82) is 0 Å². The van der Waals surface area contributed by atoms with E-state index in [0.29, 0.717) is 35.6 Å². The predicted octanol–water partition coefficient (Wildman–Crippen LogP) is 1.93. The quantitative estimate of drug-likeness (QED) is 0.521. The number of sulfone groups is 1. The molecule has 2 atom stereocenters. The average Bonchev–Trinajstić information content (AvgIpc) is 3.02. The van der Waals surface area contributed by atoms with Crippen LogP contribution in [0.2, 0.25) is 0 Å². The number of amides is 1. The summed E-state index contributed by atoms with van der Waals surface area (Å²) in [7, 11) is -3.07. The van der Waals surface area contributed by atoms with Crippen LogP contribution in [0.5, 0.6) is 0 Å². The molecule has 7 nitrogen and oxygen atoms in total. The van der Waals surface area contributed by atoms with Crippen molar-refractivity contribution in [3.8, 4) is 0 Å². The number of benzene rings is 1. The van der Waals surface area contributed by atoms with Crippen molar-refractivity contribution in [2.45, 2.75) is 50.2 Å². The van der Waals surface area contributed by atoms with Crippen LogP contribution in [0.25, 0.3) is 10.9 Å². The molecule has 0 N–H and O–H groups in total. The Hall–Kier alpha value is -1.87. The van der Waals surface area contributed by atoms with Crippen molar-refractivity contribution >= 4 is 38.4 Å². The maximum atomic E-state index is 13.0. The molecule has 1 aromatic carbocycles. The van der Waals surface area contributed by atoms with Crippen LogP contribution >= 0.6 is 11.8 Å². The van der Waals surface area contributed by atoms with Gasteiger partial charge in [0.1, 0.15) is 0 Å². The van der Waals surface area contributed by atoms with E-state index >= 15 is 0 Å². The first-order valence-corrected chi connectivity index (χ1v) is 12.1. The van der Waals surface area contributed by atoms with Gasteiger partial charge in [-0.25, -0.2) is 13.4 Å². The third-order valence-electron chi connectivity index (χ3n) is 5.05. The number of fused-ring (bicyclic) bond motifs is 1. The lowest BCUT2D eigenvalue weighted by Crippen LogP contribution is -2.44. The molecule has 0 aliphatic carbocycles. The van der Waals surface area contributed by atoms with Gasteiger partial charge in [-0.1, -0.05) is 23.9 Å². The van der Waals surface area contributed by atoms with Gasteiger partial charge in [-0.2, -0.15) is 0 Å². The molecule has 28 heavy (non-hydrogen) atoms. The van der Waals surface area contributed by atoms with Crippen LogP contribution in [0, 0.1) is 0 Å². The second-order valence-corrected chi connectivity index (χ2v) is 10.4. The first-order chi connectivity index (χ1) is 13.3. The molecule has 1 saturated heterocycles. The van der Waals surface area contributed by atoms with Crippen LogP contribution in [0.3, 0.4) is 0 Å². The first kappa shape index (κ1) is 20.9. The van der Waals surface area contributed by atoms with Crippen molar-refractivity contribution in [2.75, 3.05) is 18.1 Å². The Morgan fingerprint density at radius 3 is 2.68 bits per heavy atom. The standard InChI is InChI=1S/C19H25N3O4S2/c1-4-21(14-10-11-28(25,26)12-14)17(23)13(3)27-19-20-16-9-7-6-8-15(16)18(24)22(19)5-2/h6-9,13-14H,4-5,10-12H2,1-3H3/t13-,14+/m1/s1. The lowest BCUT2D eigenvalue weighted by molar-refractivity contribution is -0.131. The second kappa shape index (κ2) is 8.24. The molecule has 0 unspecified atom stereocenters. The minimum absolute atomic E-state index is 0.0257. The number of aromatic nitrogens is 2. The first-order valence-electron chi connectivity index (χ1n) is 9.44. The lowest BCUT2D eigenvalue weighted by atomic mass is 10.2. The SMILES string of the molecule is CCN(C(=O)[C@@H](C)Sc1nc2ccccc2c(=O)n1CC)[C@H]1CCS(=O)(=O)C1. The van der Waals surface area contributed by atoms with Gasteiger partial charge in [0.25, 0.3) is 5.56 Å². The molecule has 1 aliphatic heterocycles. The van der Waals surface area contributed by atoms with Crippen molar-refractivity contribution in [3.63, 3.8) is 0 Å². The summed E-state index contributed by atoms with van der Waals surface area (Å²) in [6.45, 7) is 6.42. The highest BCUT2D eigenvalue weighted by Gasteiger charge is 2.35. The normalized spacial score (nSPS) is 19.6. The molecule has 1 fully saturated rings. The summed E-state index contributed by atoms with van der Waals surface area (Å²) in [4.78, 5) is 32.0. The molecule has 1 aromatic heterocycles. The van der Waals surface area contributed by atoms with Gasteiger partial charge in [-0.3, -0.25) is 14.2 Å². The summed E-state index contributed by atoms with van der Waals surface area (Å²) >= 11 is 1.25. The summed E-state index contributed by atoms with van der Waals surface area (Å²) in [6, 6.07) is 6.89. The molecule has 2 heterocycles. The molecule has 0 radical (unpaired) electrons. The van der Waals surface area contributed by atoms with Crippen LogP contribution in [-0.4, -0.2) is 58.1 Å². The van der Waals surface area contributed by atoms with Gasteiger partial charge in [0.05, 0.1) is 27.7 Å². The maximum absolute atomic E-state index is 13.0. The summed E-state index contributed by atoms with van der Waals surface area (Å²) in [5.41, 5.74) is 0.484. The van der Waals surface area contributed by atoms with Gasteiger partial charge in [-0.05, 0) is 39.3 Å². The highest BCUT2D eigenvalue weighted by Crippen LogP contribution is 2.26. The Kier molecular flexibility index (Phi) is 6.14. The topological polar surface area (TPSA) is 89.3 Å². The number of para-hydroxylation sites is 1. The number of hydrogen-bond donors (Lipinski definition) is 0. The van der Waals surface area contributed by atoms with E-state index in [1.807, 2.05) is 19.9 Å². The highest BCUT2D eigenvalue weighted by molar-refractivity contribution is 8.00. The van der Waals surface area contributed by atoms with Crippen LogP contribution in [0.4, 0.5) is 0 Å². The summed E-state index contributed by atoms with van der Waals surface area (Å²) in [5.74, 6) is 0.0299. The second-order valence-electron chi connectivity index (χ2n) is 6.90. The minimum atomic E-state index is -3.07. The third-order valence-corrected chi connectivity index (χ3v) is 7.87. The molecular formula is C19H25N3O4S2. The van der Waals surface area contributed by atoms with Crippen molar-refractivity contribution in [3.05, 3.63) is 34.6 Å². The van der Waals surface area contributed by atoms with Gasteiger partial charge in [0.15, 0.2) is 15.0 Å². The fourth-order valence-electron chi connectivity index (χ4n) is 3.57. The molecule has 1 amide bonds. The molecule has 1 aliphatic rings. The molecule has 9 heteroatoms. The van der Waals surface area contributed by atoms with Gasteiger partial charge in [0.2, 0.25) is 5.91 Å². The van der Waals surface area contributed by atoms with E-state index < -0.39 is 15.1 Å². The van der Waals surface area contributed by atoms with Crippen LogP contribution < -0.4 is 5.56 Å². The third kappa shape index (κ3) is 4.10. The largest absolute Gasteiger partial charge is 0.338 e. The van der Waals surface area contributed by atoms with Gasteiger partial charge < -0.3 is 4.90 Å². The number of carbonyl (C=O) groups excluding carboxylic acids is 1. The number of thioether (sulfide) groups is 1. The van der Waals surface area contributed by atoms with E-state index in [0.717, 1.165) is 0 Å². The number of hydrogen-bond acceptors (Lipinski definition) is 6. The van der Waals surface area contributed by atoms with Crippen LogP contribution in [0.15, 0.2) is 34.2 Å². The summed E-state index contributed by atoms with van der Waals surface area (Å²) < 4.78 is 25.2. The summed E-state index contributed by atoms with van der Waals surface area (Å²) in [5, 5.41) is 0.579. The predicted molar refractivity (Wildman–Crippen MR) is 111 cm³/mol. The molecular weight excluding hydrogens is 398 g/mol. The Labute approximate surface area is 169 Å². The number of nitrogens with zero attached hydrogens (tertiary/aromatic N) is 3. The Morgan fingerprint density at radius 2 is 2.07 bits per heavy atom. The highest BCUT2D eigenvalue weighted by atomic mass is 32.2. The molecule has 3 rings (SSSR count). The lowest BCUT2D eigenvalue weighted by Gasteiger charge is -2.29. The molecule has 2 aromatic rings. The van der Waals surface area contributed by atoms with Gasteiger partial charge in [-0.15, -0.1) is 0 Å². The van der Waals surface area contributed by atoms with E-state index in [-0.39, 0.29) is 29.0 Å². The molecule has 0 saturated carbocycles. The molecule has 0 bridgehead atoms. The van der Waals surface area contributed by atoms with Crippen molar-refractivity contribution in [1.82, 2.24) is 14.5 Å². The minimum Gasteiger partial charge on any atom is -0.338 e. The van der Waals surface area contributed by atoms with E-state index in [1.165, 1.54) is 11.8 Å². The smallest absolute Gasteiger partial charge is 0.262 e. The zero-order chi connectivity index (χ0) is 20.5. The molecule has 152 valence electrons. The van der Waals surface area contributed by atoms with Crippen LogP contribution in [0.1, 0.15) is 27.2 Å². The van der Waals surface area contributed by atoms with Crippen LogP contribution in [-0.2, 0) is 21.2 Å². The van der Waals surface area contributed by atoms with Crippen molar-refractivity contribution < 1.29 is 13.2 Å². The Balaban J connectivity index is 1.86. The fraction of sp³-hybridized carbons (Fsp3) is 0.526. The van der Waals surface area contributed by atoms with E-state index in [2.05, 4.69) is 4.98 Å². The van der Waals surface area contributed by atoms with Gasteiger partial charge in [0, 0.05) is 19.1 Å². The molecule has 0 spiro atoms. The maximum Gasteiger partial charge on any atom is 0.262 e. The number of carbonyl (C=O) groups is 1. The number of rotatable bonds is 6. The fourth-order valence-corrected chi connectivity index (χ4v) is 6.35. The van der Waals surface area contributed by atoms with Crippen molar-refractivity contribution in [2.24, 2.45) is 0 Å².